The van der Waals surface area contributed by atoms with E-state index in [-0.39, 0.29) is 17.9 Å². The lowest BCUT2D eigenvalue weighted by Crippen LogP contribution is -2.18. The Hall–Kier alpha value is -2.67. The Balaban J connectivity index is 2.00. The number of hydrogen-bond acceptors (Lipinski definition) is 4. The summed E-state index contributed by atoms with van der Waals surface area (Å²) >= 11 is 0. The number of carbonyl (C=O) groups is 1. The normalized spacial score (nSPS) is 10.3. The van der Waals surface area contributed by atoms with Gasteiger partial charge >= 0.3 is 6.09 Å². The molecule has 0 aliphatic rings. The second kappa shape index (κ2) is 7.37. The van der Waals surface area contributed by atoms with Crippen LogP contribution < -0.4 is 15.4 Å². The largest absolute Gasteiger partial charge is 0.497 e. The van der Waals surface area contributed by atoms with Gasteiger partial charge in [-0.05, 0) is 23.8 Å². The molecule has 0 atom stereocenters. The molecular formula is C15H16FN3O3. The Morgan fingerprint density at radius 1 is 1.27 bits per heavy atom. The Labute approximate surface area is 127 Å². The van der Waals surface area contributed by atoms with Gasteiger partial charge in [0, 0.05) is 24.8 Å². The molecular weight excluding hydrogens is 289 g/mol. The van der Waals surface area contributed by atoms with Crippen LogP contribution in [0, 0.1) is 5.82 Å². The zero-order chi connectivity index (χ0) is 15.9. The molecule has 0 fully saturated rings. The fraction of sp³-hybridized carbons (Fsp3) is 0.200. The molecule has 2 rings (SSSR count). The van der Waals surface area contributed by atoms with Crippen LogP contribution in [0.2, 0.25) is 0 Å². The van der Waals surface area contributed by atoms with E-state index in [4.69, 9.17) is 9.84 Å². The number of methoxy groups -OCH3 is 1. The third kappa shape index (κ3) is 4.16. The number of rotatable bonds is 6. The van der Waals surface area contributed by atoms with E-state index in [0.29, 0.717) is 6.54 Å². The van der Waals surface area contributed by atoms with Crippen molar-refractivity contribution in [3.63, 3.8) is 0 Å². The van der Waals surface area contributed by atoms with Gasteiger partial charge in [-0.3, -0.25) is 5.32 Å². The summed E-state index contributed by atoms with van der Waals surface area (Å²) in [5.74, 6) is 0.241. The summed E-state index contributed by atoms with van der Waals surface area (Å²) in [7, 11) is 1.59. The van der Waals surface area contributed by atoms with Gasteiger partial charge in [0.15, 0.2) is 0 Å². The smallest absolute Gasteiger partial charge is 0.410 e. The number of hydrogen-bond donors (Lipinski definition) is 3. The lowest BCUT2D eigenvalue weighted by atomic mass is 10.2. The minimum atomic E-state index is -1.28. The first-order valence-electron chi connectivity index (χ1n) is 6.57. The summed E-state index contributed by atoms with van der Waals surface area (Å²) < 4.78 is 18.9. The maximum Gasteiger partial charge on any atom is 0.410 e. The van der Waals surface area contributed by atoms with Crippen molar-refractivity contribution in [3.05, 3.63) is 53.5 Å². The standard InChI is InChI=1S/C15H16FN3O3/c1-22-11-4-2-10(3-5-11)8-17-9-12-13(16)6-7-18-14(12)19-15(20)21/h2-7,17H,8-9H2,1H3,(H,18,19)(H,20,21). The summed E-state index contributed by atoms with van der Waals surface area (Å²) in [4.78, 5) is 14.5. The quantitative estimate of drug-likeness (QED) is 0.764. The lowest BCUT2D eigenvalue weighted by Gasteiger charge is -2.10. The molecule has 1 aromatic heterocycles. The van der Waals surface area contributed by atoms with E-state index in [1.807, 2.05) is 24.3 Å². The number of carboxylic acid groups (broad SMARTS) is 1. The topological polar surface area (TPSA) is 83.5 Å². The van der Waals surface area contributed by atoms with Crippen LogP contribution in [0.15, 0.2) is 36.5 Å². The molecule has 1 amide bonds. The number of nitrogens with one attached hydrogen (secondary N) is 2. The number of aromatic nitrogens is 1. The van der Waals surface area contributed by atoms with Crippen molar-refractivity contribution in [1.29, 1.82) is 0 Å². The first-order valence-corrected chi connectivity index (χ1v) is 6.57. The van der Waals surface area contributed by atoms with Crippen LogP contribution in [-0.2, 0) is 13.1 Å². The SMILES string of the molecule is COc1ccc(CNCc2c(F)ccnc2NC(=O)O)cc1. The molecule has 6 nitrogen and oxygen atoms in total. The lowest BCUT2D eigenvalue weighted by molar-refractivity contribution is 0.209. The third-order valence-corrected chi connectivity index (χ3v) is 3.01. The van der Waals surface area contributed by atoms with E-state index in [1.165, 1.54) is 12.3 Å². The maximum atomic E-state index is 13.8. The second-order valence-corrected chi connectivity index (χ2v) is 4.50. The minimum Gasteiger partial charge on any atom is -0.497 e. The van der Waals surface area contributed by atoms with Gasteiger partial charge in [0.25, 0.3) is 0 Å². The van der Waals surface area contributed by atoms with E-state index in [2.05, 4.69) is 15.6 Å². The Morgan fingerprint density at radius 3 is 2.64 bits per heavy atom. The van der Waals surface area contributed by atoms with Crippen LogP contribution in [0.5, 0.6) is 5.75 Å². The van der Waals surface area contributed by atoms with Crippen molar-refractivity contribution in [3.8, 4) is 5.75 Å². The molecule has 0 aliphatic carbocycles. The van der Waals surface area contributed by atoms with Crippen LogP contribution >= 0.6 is 0 Å². The molecule has 0 radical (unpaired) electrons. The van der Waals surface area contributed by atoms with Crippen molar-refractivity contribution in [2.45, 2.75) is 13.1 Å². The summed E-state index contributed by atoms with van der Waals surface area (Å²) in [6, 6.07) is 8.64. The highest BCUT2D eigenvalue weighted by Crippen LogP contribution is 2.16. The molecule has 22 heavy (non-hydrogen) atoms. The van der Waals surface area contributed by atoms with Gasteiger partial charge in [0.2, 0.25) is 0 Å². The van der Waals surface area contributed by atoms with Gasteiger partial charge in [-0.25, -0.2) is 14.2 Å². The van der Waals surface area contributed by atoms with Gasteiger partial charge in [-0.2, -0.15) is 0 Å². The van der Waals surface area contributed by atoms with E-state index in [9.17, 15) is 9.18 Å². The van der Waals surface area contributed by atoms with Crippen molar-refractivity contribution >= 4 is 11.9 Å². The first kappa shape index (κ1) is 15.7. The number of halogens is 1. The molecule has 1 aromatic carbocycles. The van der Waals surface area contributed by atoms with Crippen molar-refractivity contribution in [2.75, 3.05) is 12.4 Å². The van der Waals surface area contributed by atoms with Crippen LogP contribution in [0.3, 0.4) is 0 Å². The van der Waals surface area contributed by atoms with E-state index < -0.39 is 11.9 Å². The van der Waals surface area contributed by atoms with E-state index >= 15 is 0 Å². The average molecular weight is 305 g/mol. The number of ether oxygens (including phenoxy) is 1. The molecule has 0 aliphatic heterocycles. The monoisotopic (exact) mass is 305 g/mol. The van der Waals surface area contributed by atoms with Crippen molar-refractivity contribution in [1.82, 2.24) is 10.3 Å². The zero-order valence-electron chi connectivity index (χ0n) is 12.0. The van der Waals surface area contributed by atoms with Gasteiger partial charge in [-0.15, -0.1) is 0 Å². The number of amides is 1. The molecule has 0 spiro atoms. The predicted octanol–water partition coefficient (Wildman–Crippen LogP) is 2.61. The Kier molecular flexibility index (Phi) is 5.26. The Morgan fingerprint density at radius 2 is 2.00 bits per heavy atom. The van der Waals surface area contributed by atoms with Crippen molar-refractivity contribution < 1.29 is 19.0 Å². The van der Waals surface area contributed by atoms with Crippen LogP contribution in [-0.4, -0.2) is 23.3 Å². The minimum absolute atomic E-state index is 0.00488. The fourth-order valence-corrected chi connectivity index (χ4v) is 1.92. The summed E-state index contributed by atoms with van der Waals surface area (Å²) in [5.41, 5.74) is 1.18. The third-order valence-electron chi connectivity index (χ3n) is 3.01. The predicted molar refractivity (Wildman–Crippen MR) is 79.4 cm³/mol. The molecule has 7 heteroatoms. The molecule has 0 saturated carbocycles. The van der Waals surface area contributed by atoms with E-state index in [0.717, 1.165) is 11.3 Å². The molecule has 1 heterocycles. The van der Waals surface area contributed by atoms with Gasteiger partial charge in [0.05, 0.1) is 7.11 Å². The number of benzene rings is 1. The van der Waals surface area contributed by atoms with Gasteiger partial charge < -0.3 is 15.2 Å². The summed E-state index contributed by atoms with van der Waals surface area (Å²) in [6.45, 7) is 0.659. The highest BCUT2D eigenvalue weighted by Gasteiger charge is 2.11. The molecule has 3 N–H and O–H groups in total. The number of nitrogens with zero attached hydrogens (tertiary/aromatic N) is 1. The van der Waals surface area contributed by atoms with Crippen molar-refractivity contribution in [2.24, 2.45) is 0 Å². The highest BCUT2D eigenvalue weighted by molar-refractivity contribution is 5.82. The fourth-order valence-electron chi connectivity index (χ4n) is 1.92. The zero-order valence-corrected chi connectivity index (χ0v) is 12.0. The molecule has 0 unspecified atom stereocenters. The van der Waals surface area contributed by atoms with Crippen LogP contribution in [0.4, 0.5) is 15.0 Å². The van der Waals surface area contributed by atoms with E-state index in [1.54, 1.807) is 7.11 Å². The molecule has 2 aromatic rings. The molecule has 116 valence electrons. The number of pyridine rings is 1. The van der Waals surface area contributed by atoms with Crippen LogP contribution in [0.1, 0.15) is 11.1 Å². The summed E-state index contributed by atoms with van der Waals surface area (Å²) in [5, 5.41) is 13.9. The van der Waals surface area contributed by atoms with Gasteiger partial charge in [0.1, 0.15) is 17.4 Å². The van der Waals surface area contributed by atoms with Gasteiger partial charge in [-0.1, -0.05) is 12.1 Å². The van der Waals surface area contributed by atoms with Crippen LogP contribution in [0.25, 0.3) is 0 Å². The molecule has 0 bridgehead atoms. The average Bonchev–Trinajstić information content (AvgIpc) is 2.50. The first-order chi connectivity index (χ1) is 10.6. The summed E-state index contributed by atoms with van der Waals surface area (Å²) in [6.07, 6.45) is -0.0670. The Bertz CT molecular complexity index is 647. The molecule has 0 saturated heterocycles. The maximum absolute atomic E-state index is 13.8. The second-order valence-electron chi connectivity index (χ2n) is 4.50. The highest BCUT2D eigenvalue weighted by atomic mass is 19.1. The number of anilines is 1.